The Hall–Kier alpha value is -0.790. The normalized spacial score (nSPS) is 16.9. The van der Waals surface area contributed by atoms with Crippen LogP contribution in [0, 0.1) is 3.70 Å². The smallest absolute Gasteiger partial charge is 0.410 e. The van der Waals surface area contributed by atoms with Crippen molar-refractivity contribution in [1.82, 2.24) is 14.7 Å². The topological polar surface area (TPSA) is 47.4 Å². The van der Waals surface area contributed by atoms with Gasteiger partial charge in [0.25, 0.3) is 0 Å². The third kappa shape index (κ3) is 4.36. The lowest BCUT2D eigenvalue weighted by atomic mass is 9.93. The van der Waals surface area contributed by atoms with Gasteiger partial charge >= 0.3 is 6.09 Å². The summed E-state index contributed by atoms with van der Waals surface area (Å²) >= 11 is 2.24. The van der Waals surface area contributed by atoms with Gasteiger partial charge in [-0.05, 0) is 61.8 Å². The highest BCUT2D eigenvalue weighted by Crippen LogP contribution is 2.29. The van der Waals surface area contributed by atoms with Gasteiger partial charge in [0, 0.05) is 31.7 Å². The Morgan fingerprint density at radius 3 is 2.59 bits per heavy atom. The van der Waals surface area contributed by atoms with Gasteiger partial charge in [0.05, 0.1) is 0 Å². The van der Waals surface area contributed by atoms with Crippen LogP contribution in [-0.4, -0.2) is 39.5 Å². The summed E-state index contributed by atoms with van der Waals surface area (Å²) in [5.74, 6) is 0.480. The molecule has 1 amide bonds. The molecule has 1 aromatic heterocycles. The van der Waals surface area contributed by atoms with Crippen LogP contribution in [0.4, 0.5) is 4.79 Å². The molecule has 0 saturated carbocycles. The number of hydrogen-bond acceptors (Lipinski definition) is 3. The Labute approximate surface area is 146 Å². The largest absolute Gasteiger partial charge is 0.443 e. The second-order valence-corrected chi connectivity index (χ2v) is 7.76. The monoisotopic (exact) mass is 419 g/mol. The predicted molar refractivity (Wildman–Crippen MR) is 94.9 cm³/mol. The summed E-state index contributed by atoms with van der Waals surface area (Å²) in [7, 11) is 1.99. The summed E-state index contributed by atoms with van der Waals surface area (Å²) in [6.45, 7) is 7.59. The van der Waals surface area contributed by atoms with Crippen LogP contribution in [-0.2, 0) is 11.8 Å². The van der Waals surface area contributed by atoms with Gasteiger partial charge in [-0.1, -0.05) is 13.3 Å². The van der Waals surface area contributed by atoms with E-state index < -0.39 is 0 Å². The standard InChI is InChI=1S/C16H26IN3O2/c1-5-8-16(2,3)22-15(21)20-9-6-12(7-10-20)13-11-14(17)18-19(13)4/h11-12H,5-10H2,1-4H3. The van der Waals surface area contributed by atoms with Crippen LogP contribution in [0.1, 0.15) is 58.1 Å². The Kier molecular flexibility index (Phi) is 5.74. The van der Waals surface area contributed by atoms with E-state index in [-0.39, 0.29) is 11.7 Å². The fraction of sp³-hybridized carbons (Fsp3) is 0.750. The molecule has 0 unspecified atom stereocenters. The van der Waals surface area contributed by atoms with E-state index >= 15 is 0 Å². The van der Waals surface area contributed by atoms with E-state index in [2.05, 4.69) is 40.7 Å². The Morgan fingerprint density at radius 2 is 2.09 bits per heavy atom. The van der Waals surface area contributed by atoms with Crippen LogP contribution in [0.15, 0.2) is 6.07 Å². The zero-order chi connectivity index (χ0) is 16.3. The van der Waals surface area contributed by atoms with Crippen LogP contribution >= 0.6 is 22.6 Å². The number of halogens is 1. The van der Waals surface area contributed by atoms with Crippen molar-refractivity contribution in [3.63, 3.8) is 0 Å². The Balaban J connectivity index is 1.89. The highest BCUT2D eigenvalue weighted by atomic mass is 127. The van der Waals surface area contributed by atoms with Crippen molar-refractivity contribution in [3.8, 4) is 0 Å². The molecule has 0 atom stereocenters. The molecule has 1 saturated heterocycles. The number of carbonyl (C=O) groups is 1. The van der Waals surface area contributed by atoms with E-state index in [4.69, 9.17) is 4.74 Å². The number of likely N-dealkylation sites (tertiary alicyclic amines) is 1. The van der Waals surface area contributed by atoms with Gasteiger partial charge in [-0.2, -0.15) is 5.10 Å². The zero-order valence-corrected chi connectivity index (χ0v) is 16.1. The molecular formula is C16H26IN3O2. The van der Waals surface area contributed by atoms with Gasteiger partial charge in [-0.25, -0.2) is 4.79 Å². The van der Waals surface area contributed by atoms with Crippen LogP contribution < -0.4 is 0 Å². The number of amides is 1. The molecular weight excluding hydrogens is 393 g/mol. The van der Waals surface area contributed by atoms with Gasteiger partial charge in [-0.15, -0.1) is 0 Å². The third-order valence-electron chi connectivity index (χ3n) is 4.27. The average Bonchev–Trinajstić information content (AvgIpc) is 2.77. The molecule has 5 nitrogen and oxygen atoms in total. The van der Waals surface area contributed by atoms with Crippen molar-refractivity contribution < 1.29 is 9.53 Å². The van der Waals surface area contributed by atoms with Crippen molar-refractivity contribution >= 4 is 28.7 Å². The van der Waals surface area contributed by atoms with Gasteiger partial charge in [0.15, 0.2) is 0 Å². The number of ether oxygens (including phenoxy) is 1. The molecule has 6 heteroatoms. The van der Waals surface area contributed by atoms with E-state index in [0.717, 1.165) is 42.5 Å². The molecule has 124 valence electrons. The first-order valence-corrected chi connectivity index (χ1v) is 9.07. The maximum atomic E-state index is 12.3. The maximum absolute atomic E-state index is 12.3. The minimum Gasteiger partial charge on any atom is -0.443 e. The van der Waals surface area contributed by atoms with E-state index in [9.17, 15) is 4.79 Å². The second kappa shape index (κ2) is 7.19. The lowest BCUT2D eigenvalue weighted by Crippen LogP contribution is -2.42. The summed E-state index contributed by atoms with van der Waals surface area (Å²) < 4.78 is 8.64. The molecule has 2 heterocycles. The molecule has 0 aromatic carbocycles. The summed E-state index contributed by atoms with van der Waals surface area (Å²) in [5, 5.41) is 4.41. The first kappa shape index (κ1) is 17.6. The van der Waals surface area contributed by atoms with Crippen molar-refractivity contribution in [1.29, 1.82) is 0 Å². The number of piperidine rings is 1. The third-order valence-corrected chi connectivity index (χ3v) is 4.80. The highest BCUT2D eigenvalue weighted by Gasteiger charge is 2.30. The number of rotatable bonds is 4. The van der Waals surface area contributed by atoms with E-state index in [1.165, 1.54) is 5.69 Å². The Morgan fingerprint density at radius 1 is 1.45 bits per heavy atom. The maximum Gasteiger partial charge on any atom is 0.410 e. The van der Waals surface area contributed by atoms with Crippen LogP contribution in [0.5, 0.6) is 0 Å². The predicted octanol–water partition coefficient (Wildman–Crippen LogP) is 3.92. The highest BCUT2D eigenvalue weighted by molar-refractivity contribution is 14.1. The summed E-state index contributed by atoms with van der Waals surface area (Å²) in [6, 6.07) is 2.14. The quantitative estimate of drug-likeness (QED) is 0.696. The van der Waals surface area contributed by atoms with E-state index in [0.29, 0.717) is 5.92 Å². The number of aryl methyl sites for hydroxylation is 1. The van der Waals surface area contributed by atoms with Crippen molar-refractivity contribution in [2.75, 3.05) is 13.1 Å². The first-order chi connectivity index (χ1) is 10.3. The molecule has 0 bridgehead atoms. The minimum absolute atomic E-state index is 0.170. The molecule has 0 N–H and O–H groups in total. The van der Waals surface area contributed by atoms with Gasteiger partial charge in [-0.3, -0.25) is 4.68 Å². The molecule has 1 aliphatic heterocycles. The molecule has 1 aromatic rings. The van der Waals surface area contributed by atoms with Gasteiger partial charge < -0.3 is 9.64 Å². The molecule has 1 fully saturated rings. The minimum atomic E-state index is -0.374. The van der Waals surface area contributed by atoms with Crippen LogP contribution in [0.3, 0.4) is 0 Å². The fourth-order valence-electron chi connectivity index (χ4n) is 3.14. The lowest BCUT2D eigenvalue weighted by molar-refractivity contribution is 0.00429. The van der Waals surface area contributed by atoms with Crippen LogP contribution in [0.2, 0.25) is 0 Å². The molecule has 0 radical (unpaired) electrons. The first-order valence-electron chi connectivity index (χ1n) is 8.00. The molecule has 0 spiro atoms. The summed E-state index contributed by atoms with van der Waals surface area (Å²) in [6.07, 6.45) is 3.68. The lowest BCUT2D eigenvalue weighted by Gasteiger charge is -2.34. The number of carbonyl (C=O) groups excluding carboxylic acids is 1. The number of nitrogens with zero attached hydrogens (tertiary/aromatic N) is 3. The van der Waals surface area contributed by atoms with Gasteiger partial charge in [0.2, 0.25) is 0 Å². The number of aromatic nitrogens is 2. The van der Waals surface area contributed by atoms with E-state index in [1.807, 2.05) is 30.5 Å². The zero-order valence-electron chi connectivity index (χ0n) is 13.9. The van der Waals surface area contributed by atoms with Crippen molar-refractivity contribution in [2.24, 2.45) is 7.05 Å². The fourth-order valence-corrected chi connectivity index (χ4v) is 3.78. The van der Waals surface area contributed by atoms with Gasteiger partial charge in [0.1, 0.15) is 9.30 Å². The van der Waals surface area contributed by atoms with Crippen molar-refractivity contribution in [2.45, 2.75) is 58.0 Å². The summed E-state index contributed by atoms with van der Waals surface area (Å²) in [4.78, 5) is 14.1. The molecule has 22 heavy (non-hydrogen) atoms. The molecule has 2 rings (SSSR count). The number of hydrogen-bond donors (Lipinski definition) is 0. The second-order valence-electron chi connectivity index (χ2n) is 6.65. The molecule has 1 aliphatic rings. The van der Waals surface area contributed by atoms with E-state index in [1.54, 1.807) is 0 Å². The summed E-state index contributed by atoms with van der Waals surface area (Å²) in [5.41, 5.74) is 0.893. The van der Waals surface area contributed by atoms with Crippen molar-refractivity contribution in [3.05, 3.63) is 15.5 Å². The van der Waals surface area contributed by atoms with Crippen LogP contribution in [0.25, 0.3) is 0 Å². The molecule has 0 aliphatic carbocycles. The Bertz CT molecular complexity index is 519. The average molecular weight is 419 g/mol. The SMILES string of the molecule is CCCC(C)(C)OC(=O)N1CCC(c2cc(I)nn2C)CC1.